The van der Waals surface area contributed by atoms with E-state index >= 15 is 0 Å². The lowest BCUT2D eigenvalue weighted by Gasteiger charge is -2.17. The third kappa shape index (κ3) is 5.00. The Hall–Kier alpha value is -3.03. The topological polar surface area (TPSA) is 67.9 Å². The van der Waals surface area contributed by atoms with Crippen LogP contribution in [0.2, 0.25) is 5.02 Å². The van der Waals surface area contributed by atoms with Crippen LogP contribution in [0.1, 0.15) is 10.4 Å². The van der Waals surface area contributed by atoms with Gasteiger partial charge in [-0.05, 0) is 35.4 Å². The van der Waals surface area contributed by atoms with Gasteiger partial charge in [0.05, 0.1) is 24.9 Å². The molecular formula is C23H23ClN2O4S. The average Bonchev–Trinajstić information content (AvgIpc) is 2.78. The Morgan fingerprint density at radius 1 is 0.968 bits per heavy atom. The fourth-order valence-corrected chi connectivity index (χ4v) is 4.46. The van der Waals surface area contributed by atoms with E-state index in [9.17, 15) is 9.00 Å². The molecule has 0 bridgehead atoms. The monoisotopic (exact) mass is 458 g/mol. The van der Waals surface area contributed by atoms with E-state index in [1.54, 1.807) is 27.3 Å². The number of hydrogen-bond donors (Lipinski definition) is 1. The molecule has 31 heavy (non-hydrogen) atoms. The van der Waals surface area contributed by atoms with Crippen LogP contribution in [0, 0.1) is 0 Å². The van der Waals surface area contributed by atoms with Gasteiger partial charge in [0.15, 0.2) is 16.7 Å². The van der Waals surface area contributed by atoms with Gasteiger partial charge in [-0.1, -0.05) is 48.0 Å². The minimum Gasteiger partial charge on any atom is -0.495 e. The Labute approximate surface area is 189 Å². The molecule has 0 aliphatic heterocycles. The molecule has 162 valence electrons. The number of nitrogens with one attached hydrogen (secondary N) is 1. The summed E-state index contributed by atoms with van der Waals surface area (Å²) in [6, 6.07) is 18.4. The minimum absolute atomic E-state index is 0.199. The maximum atomic E-state index is 13.3. The fourth-order valence-electron chi connectivity index (χ4n) is 3.04. The third-order valence-corrected chi connectivity index (χ3v) is 5.96. The van der Waals surface area contributed by atoms with Crippen molar-refractivity contribution in [3.63, 3.8) is 0 Å². The van der Waals surface area contributed by atoms with Gasteiger partial charge in [-0.3, -0.25) is 9.52 Å². The summed E-state index contributed by atoms with van der Waals surface area (Å²) in [6.45, 7) is 0. The van der Waals surface area contributed by atoms with Crippen molar-refractivity contribution in [2.24, 2.45) is 0 Å². The second kappa shape index (κ2) is 9.85. The molecule has 0 aromatic heterocycles. The SMILES string of the molecule is COc1ccc(-c2ccccc2)cc1NS(=O)c1cc(C(=O)N(C)C)cc(Cl)c1OC. The van der Waals surface area contributed by atoms with Crippen LogP contribution >= 0.6 is 11.6 Å². The maximum Gasteiger partial charge on any atom is 0.253 e. The molecule has 3 aromatic carbocycles. The van der Waals surface area contributed by atoms with Gasteiger partial charge in [0.2, 0.25) is 0 Å². The van der Waals surface area contributed by atoms with E-state index in [0.29, 0.717) is 17.0 Å². The molecule has 0 heterocycles. The van der Waals surface area contributed by atoms with Gasteiger partial charge in [0.25, 0.3) is 5.91 Å². The van der Waals surface area contributed by atoms with E-state index in [1.165, 1.54) is 24.1 Å². The molecule has 1 atom stereocenters. The molecule has 1 unspecified atom stereocenters. The van der Waals surface area contributed by atoms with E-state index < -0.39 is 11.0 Å². The lowest BCUT2D eigenvalue weighted by Crippen LogP contribution is -2.22. The molecule has 0 radical (unpaired) electrons. The lowest BCUT2D eigenvalue weighted by atomic mass is 10.1. The molecule has 6 nitrogen and oxygen atoms in total. The summed E-state index contributed by atoms with van der Waals surface area (Å²) < 4.78 is 27.0. The van der Waals surface area contributed by atoms with Crippen molar-refractivity contribution < 1.29 is 18.5 Å². The number of nitrogens with zero attached hydrogens (tertiary/aromatic N) is 1. The maximum absolute atomic E-state index is 13.3. The fraction of sp³-hybridized carbons (Fsp3) is 0.174. The highest BCUT2D eigenvalue weighted by Crippen LogP contribution is 2.36. The quantitative estimate of drug-likeness (QED) is 0.549. The first kappa shape index (κ1) is 22.7. The van der Waals surface area contributed by atoms with Crippen LogP contribution in [0.25, 0.3) is 11.1 Å². The molecule has 1 amide bonds. The van der Waals surface area contributed by atoms with E-state index in [-0.39, 0.29) is 21.6 Å². The molecule has 0 spiro atoms. The summed E-state index contributed by atoms with van der Waals surface area (Å²) in [7, 11) is 4.46. The second-order valence-electron chi connectivity index (χ2n) is 6.84. The van der Waals surface area contributed by atoms with Gasteiger partial charge in [0, 0.05) is 19.7 Å². The van der Waals surface area contributed by atoms with E-state index in [4.69, 9.17) is 21.1 Å². The first-order valence-electron chi connectivity index (χ1n) is 9.36. The zero-order valence-corrected chi connectivity index (χ0v) is 19.2. The van der Waals surface area contributed by atoms with Gasteiger partial charge in [-0.15, -0.1) is 0 Å². The number of rotatable bonds is 7. The van der Waals surface area contributed by atoms with Crippen molar-refractivity contribution >= 4 is 34.2 Å². The average molecular weight is 459 g/mol. The van der Waals surface area contributed by atoms with Crippen LogP contribution in [0.15, 0.2) is 65.6 Å². The molecule has 8 heteroatoms. The lowest BCUT2D eigenvalue weighted by molar-refractivity contribution is 0.0827. The van der Waals surface area contributed by atoms with Crippen LogP contribution < -0.4 is 14.2 Å². The zero-order valence-electron chi connectivity index (χ0n) is 17.6. The second-order valence-corrected chi connectivity index (χ2v) is 8.43. The third-order valence-electron chi connectivity index (χ3n) is 4.58. The molecule has 3 aromatic rings. The smallest absolute Gasteiger partial charge is 0.253 e. The van der Waals surface area contributed by atoms with Crippen LogP contribution in [-0.4, -0.2) is 43.3 Å². The Morgan fingerprint density at radius 2 is 1.68 bits per heavy atom. The molecule has 0 aliphatic rings. The Kier molecular flexibility index (Phi) is 7.20. The molecular weight excluding hydrogens is 436 g/mol. The minimum atomic E-state index is -1.78. The molecule has 1 N–H and O–H groups in total. The van der Waals surface area contributed by atoms with Crippen LogP contribution in [-0.2, 0) is 11.0 Å². The van der Waals surface area contributed by atoms with Crippen molar-refractivity contribution in [3.05, 3.63) is 71.2 Å². The van der Waals surface area contributed by atoms with Crippen molar-refractivity contribution in [2.75, 3.05) is 33.0 Å². The number of amides is 1. The number of carbonyl (C=O) groups is 1. The van der Waals surface area contributed by atoms with Crippen LogP contribution in [0.3, 0.4) is 0 Å². The highest BCUT2D eigenvalue weighted by molar-refractivity contribution is 7.86. The van der Waals surface area contributed by atoms with Gasteiger partial charge in [0.1, 0.15) is 10.6 Å². The number of anilines is 1. The Balaban J connectivity index is 2.02. The molecule has 0 aliphatic carbocycles. The van der Waals surface area contributed by atoms with Gasteiger partial charge < -0.3 is 14.4 Å². The predicted octanol–water partition coefficient (Wildman–Crippen LogP) is 4.86. The summed E-state index contributed by atoms with van der Waals surface area (Å²) in [6.07, 6.45) is 0. The molecule has 0 saturated carbocycles. The van der Waals surface area contributed by atoms with Crippen LogP contribution in [0.4, 0.5) is 5.69 Å². The summed E-state index contributed by atoms with van der Waals surface area (Å²) in [5, 5.41) is 0.199. The zero-order chi connectivity index (χ0) is 22.5. The van der Waals surface area contributed by atoms with Crippen molar-refractivity contribution in [1.29, 1.82) is 0 Å². The van der Waals surface area contributed by atoms with Gasteiger partial charge >= 0.3 is 0 Å². The Bertz CT molecular complexity index is 1120. The molecule has 0 saturated heterocycles. The van der Waals surface area contributed by atoms with E-state index in [2.05, 4.69) is 4.72 Å². The number of hydrogen-bond acceptors (Lipinski definition) is 4. The number of carbonyl (C=O) groups excluding carboxylic acids is 1. The summed E-state index contributed by atoms with van der Waals surface area (Å²) >= 11 is 6.31. The number of ether oxygens (including phenoxy) is 2. The Morgan fingerprint density at radius 3 is 2.29 bits per heavy atom. The highest BCUT2D eigenvalue weighted by atomic mass is 35.5. The van der Waals surface area contributed by atoms with Crippen molar-refractivity contribution in [2.45, 2.75) is 4.90 Å². The summed E-state index contributed by atoms with van der Waals surface area (Å²) in [5.74, 6) is 0.506. The number of halogens is 1. The van der Waals surface area contributed by atoms with Crippen LogP contribution in [0.5, 0.6) is 11.5 Å². The van der Waals surface area contributed by atoms with E-state index in [0.717, 1.165) is 11.1 Å². The number of benzene rings is 3. The van der Waals surface area contributed by atoms with Gasteiger partial charge in [-0.2, -0.15) is 0 Å². The first-order valence-corrected chi connectivity index (χ1v) is 10.9. The first-order chi connectivity index (χ1) is 14.8. The van der Waals surface area contributed by atoms with Crippen molar-refractivity contribution in [1.82, 2.24) is 4.90 Å². The predicted molar refractivity (Wildman–Crippen MR) is 124 cm³/mol. The largest absolute Gasteiger partial charge is 0.495 e. The highest BCUT2D eigenvalue weighted by Gasteiger charge is 2.21. The summed E-state index contributed by atoms with van der Waals surface area (Å²) in [4.78, 5) is 14.1. The van der Waals surface area contributed by atoms with E-state index in [1.807, 2.05) is 42.5 Å². The number of methoxy groups -OCH3 is 2. The molecule has 3 rings (SSSR count). The van der Waals surface area contributed by atoms with Gasteiger partial charge in [-0.25, -0.2) is 4.21 Å². The van der Waals surface area contributed by atoms with Crippen molar-refractivity contribution in [3.8, 4) is 22.6 Å². The standard InChI is InChI=1S/C23H23ClN2O4S/c1-26(2)23(27)17-12-18(24)22(30-4)21(14-17)31(28)25-19-13-16(10-11-20(19)29-3)15-8-6-5-7-9-15/h5-14,25H,1-4H3. The molecule has 0 fully saturated rings. The summed E-state index contributed by atoms with van der Waals surface area (Å²) in [5.41, 5.74) is 2.79. The normalized spacial score (nSPS) is 11.5.